The summed E-state index contributed by atoms with van der Waals surface area (Å²) in [7, 11) is 1.36. The molecule has 2 N–H and O–H groups in total. The predicted octanol–water partition coefficient (Wildman–Crippen LogP) is 1.81. The predicted molar refractivity (Wildman–Crippen MR) is 84.4 cm³/mol. The highest BCUT2D eigenvalue weighted by molar-refractivity contribution is 5.97. The average Bonchev–Trinajstić information content (AvgIpc) is 2.46. The molecule has 0 spiro atoms. The fourth-order valence-corrected chi connectivity index (χ4v) is 1.92. The van der Waals surface area contributed by atoms with Gasteiger partial charge in [-0.25, -0.2) is 9.78 Å². The number of nitrogens with one attached hydrogen (secondary N) is 1. The number of hydrogen-bond donors (Lipinski definition) is 2. The van der Waals surface area contributed by atoms with Gasteiger partial charge in [0.1, 0.15) is 12.1 Å². The number of methoxy groups -OCH3 is 1. The second-order valence-corrected chi connectivity index (χ2v) is 5.31. The third kappa shape index (κ3) is 5.28. The lowest BCUT2D eigenvalue weighted by Crippen LogP contribution is -2.41. The molecule has 7 nitrogen and oxygen atoms in total. The lowest BCUT2D eigenvalue weighted by molar-refractivity contribution is -0.150. The number of aromatic nitrogens is 1. The molecule has 1 rings (SSSR count). The van der Waals surface area contributed by atoms with Crippen molar-refractivity contribution in [1.29, 1.82) is 0 Å². The fraction of sp³-hybridized carbons (Fsp3) is 0.438. The van der Waals surface area contributed by atoms with E-state index in [0.717, 1.165) is 5.57 Å². The Kier molecular flexibility index (Phi) is 6.56. The van der Waals surface area contributed by atoms with Crippen LogP contribution in [-0.4, -0.2) is 41.2 Å². The molecule has 126 valence electrons. The molecule has 7 heteroatoms. The van der Waals surface area contributed by atoms with Crippen LogP contribution >= 0.6 is 0 Å². The van der Waals surface area contributed by atoms with Crippen LogP contribution in [0.2, 0.25) is 0 Å². The van der Waals surface area contributed by atoms with Gasteiger partial charge in [0.25, 0.3) is 5.91 Å². The van der Waals surface area contributed by atoms with E-state index in [2.05, 4.69) is 16.9 Å². The number of esters is 1. The van der Waals surface area contributed by atoms with Crippen LogP contribution in [0.15, 0.2) is 24.4 Å². The first-order valence-electron chi connectivity index (χ1n) is 7.14. The molecule has 0 bridgehead atoms. The third-order valence-electron chi connectivity index (χ3n) is 2.98. The number of pyridine rings is 1. The minimum atomic E-state index is -0.887. The molecule has 0 radical (unpaired) electrons. The number of carbonyl (C=O) groups is 2. The van der Waals surface area contributed by atoms with Crippen LogP contribution < -0.4 is 10.1 Å². The Bertz CT molecular complexity index is 600. The number of ether oxygens (including phenoxy) is 2. The highest BCUT2D eigenvalue weighted by Crippen LogP contribution is 2.27. The summed E-state index contributed by atoms with van der Waals surface area (Å²) in [6.45, 7) is 8.83. The summed E-state index contributed by atoms with van der Waals surface area (Å²) in [5.41, 5.74) is 0.673. The summed E-state index contributed by atoms with van der Waals surface area (Å²) >= 11 is 0. The monoisotopic (exact) mass is 322 g/mol. The van der Waals surface area contributed by atoms with E-state index < -0.39 is 17.9 Å². The lowest BCUT2D eigenvalue weighted by atomic mass is 10.2. The van der Waals surface area contributed by atoms with Crippen LogP contribution in [0, 0.1) is 0 Å². The quantitative estimate of drug-likeness (QED) is 0.587. The highest BCUT2D eigenvalue weighted by Gasteiger charge is 2.23. The molecule has 1 aromatic heterocycles. The number of aromatic hydroxyl groups is 1. The molecular weight excluding hydrogens is 300 g/mol. The molecule has 0 fully saturated rings. The minimum Gasteiger partial charge on any atom is -0.503 e. The third-order valence-corrected chi connectivity index (χ3v) is 2.98. The molecule has 2 atom stereocenters. The molecule has 0 aromatic carbocycles. The van der Waals surface area contributed by atoms with E-state index in [9.17, 15) is 14.7 Å². The largest absolute Gasteiger partial charge is 0.503 e. The molecule has 23 heavy (non-hydrogen) atoms. The van der Waals surface area contributed by atoms with E-state index in [1.54, 1.807) is 6.92 Å². The summed E-state index contributed by atoms with van der Waals surface area (Å²) in [4.78, 5) is 27.8. The average molecular weight is 322 g/mol. The molecule has 0 aliphatic heterocycles. The first-order valence-corrected chi connectivity index (χ1v) is 7.14. The van der Waals surface area contributed by atoms with Crippen LogP contribution in [0.4, 0.5) is 0 Å². The fourth-order valence-electron chi connectivity index (χ4n) is 1.92. The molecule has 0 saturated heterocycles. The molecule has 1 heterocycles. The van der Waals surface area contributed by atoms with Gasteiger partial charge in [-0.3, -0.25) is 4.79 Å². The van der Waals surface area contributed by atoms with Crippen molar-refractivity contribution in [3.8, 4) is 11.5 Å². The standard InChI is InChI=1S/C16H22N2O5/c1-9(2)8-10(3)23-16(21)11(4)18-15(20)13-14(19)12(22-5)6-7-17-13/h6-7,10-11,19H,1,8H2,2-5H3,(H,18,20)/t10-,11-/m0/s1. The first-order chi connectivity index (χ1) is 10.8. The van der Waals surface area contributed by atoms with Gasteiger partial charge in [-0.2, -0.15) is 0 Å². The van der Waals surface area contributed by atoms with Crippen LogP contribution in [-0.2, 0) is 9.53 Å². The Hall–Kier alpha value is -2.57. The number of rotatable bonds is 7. The second-order valence-electron chi connectivity index (χ2n) is 5.31. The molecule has 0 aliphatic carbocycles. The zero-order valence-corrected chi connectivity index (χ0v) is 13.8. The Balaban J connectivity index is 2.70. The van der Waals surface area contributed by atoms with Crippen molar-refractivity contribution in [3.05, 3.63) is 30.1 Å². The van der Waals surface area contributed by atoms with E-state index in [1.807, 2.05) is 6.92 Å². The van der Waals surface area contributed by atoms with Crippen molar-refractivity contribution in [2.24, 2.45) is 0 Å². The summed E-state index contributed by atoms with van der Waals surface area (Å²) in [5, 5.41) is 12.3. The number of nitrogens with zero attached hydrogens (tertiary/aromatic N) is 1. The smallest absolute Gasteiger partial charge is 0.328 e. The van der Waals surface area contributed by atoms with E-state index in [0.29, 0.717) is 6.42 Å². The van der Waals surface area contributed by atoms with Gasteiger partial charge < -0.3 is 19.9 Å². The summed E-state index contributed by atoms with van der Waals surface area (Å²) < 4.78 is 10.1. The number of hydrogen-bond acceptors (Lipinski definition) is 6. The van der Waals surface area contributed by atoms with Gasteiger partial charge in [-0.15, -0.1) is 6.58 Å². The Morgan fingerprint density at radius 3 is 2.65 bits per heavy atom. The van der Waals surface area contributed by atoms with Gasteiger partial charge in [0.2, 0.25) is 0 Å². The highest BCUT2D eigenvalue weighted by atomic mass is 16.5. The maximum absolute atomic E-state index is 12.1. The first kappa shape index (κ1) is 18.5. The van der Waals surface area contributed by atoms with Gasteiger partial charge in [-0.05, 0) is 20.8 Å². The Morgan fingerprint density at radius 2 is 2.09 bits per heavy atom. The SMILES string of the molecule is C=C(C)C[C@H](C)OC(=O)[C@H](C)NC(=O)c1nccc(OC)c1O. The summed E-state index contributed by atoms with van der Waals surface area (Å²) in [6, 6.07) is 0.533. The molecule has 0 aliphatic rings. The van der Waals surface area contributed by atoms with Gasteiger partial charge in [0.15, 0.2) is 17.2 Å². The molecule has 0 saturated carbocycles. The molecule has 0 unspecified atom stereocenters. The van der Waals surface area contributed by atoms with Gasteiger partial charge in [-0.1, -0.05) is 5.57 Å². The Morgan fingerprint density at radius 1 is 1.43 bits per heavy atom. The van der Waals surface area contributed by atoms with Crippen LogP contribution in [0.3, 0.4) is 0 Å². The summed E-state index contributed by atoms with van der Waals surface area (Å²) in [5.74, 6) is -1.54. The van der Waals surface area contributed by atoms with E-state index >= 15 is 0 Å². The lowest BCUT2D eigenvalue weighted by Gasteiger charge is -2.18. The van der Waals surface area contributed by atoms with E-state index in [-0.39, 0.29) is 23.3 Å². The minimum absolute atomic E-state index is 0.121. The molecule has 1 amide bonds. The zero-order valence-electron chi connectivity index (χ0n) is 13.8. The number of carbonyl (C=O) groups excluding carboxylic acids is 2. The normalized spacial score (nSPS) is 12.9. The molecular formula is C16H22N2O5. The van der Waals surface area contributed by atoms with Crippen molar-refractivity contribution in [2.75, 3.05) is 7.11 Å². The van der Waals surface area contributed by atoms with Gasteiger partial charge in [0.05, 0.1) is 7.11 Å². The van der Waals surface area contributed by atoms with Crippen LogP contribution in [0.1, 0.15) is 37.7 Å². The maximum atomic E-state index is 12.1. The van der Waals surface area contributed by atoms with Crippen molar-refractivity contribution < 1.29 is 24.2 Å². The maximum Gasteiger partial charge on any atom is 0.328 e. The Labute approximate surface area is 135 Å². The van der Waals surface area contributed by atoms with Gasteiger partial charge >= 0.3 is 5.97 Å². The van der Waals surface area contributed by atoms with E-state index in [1.165, 1.54) is 26.3 Å². The van der Waals surface area contributed by atoms with Crippen LogP contribution in [0.25, 0.3) is 0 Å². The zero-order chi connectivity index (χ0) is 17.6. The second kappa shape index (κ2) is 8.17. The van der Waals surface area contributed by atoms with E-state index in [4.69, 9.17) is 9.47 Å². The summed E-state index contributed by atoms with van der Waals surface area (Å²) in [6.07, 6.45) is 1.54. The van der Waals surface area contributed by atoms with Crippen molar-refractivity contribution in [3.63, 3.8) is 0 Å². The van der Waals surface area contributed by atoms with Crippen LogP contribution in [0.5, 0.6) is 11.5 Å². The van der Waals surface area contributed by atoms with Gasteiger partial charge in [0, 0.05) is 18.7 Å². The van der Waals surface area contributed by atoms with Crippen molar-refractivity contribution in [1.82, 2.24) is 10.3 Å². The van der Waals surface area contributed by atoms with Crippen molar-refractivity contribution >= 4 is 11.9 Å². The van der Waals surface area contributed by atoms with Crippen molar-refractivity contribution in [2.45, 2.75) is 39.3 Å². The molecule has 1 aromatic rings. The number of amides is 1. The topological polar surface area (TPSA) is 97.8 Å².